The zero-order valence-corrected chi connectivity index (χ0v) is 13.3. The van der Waals surface area contributed by atoms with Crippen LogP contribution in [0.3, 0.4) is 0 Å². The van der Waals surface area contributed by atoms with Gasteiger partial charge in [0.1, 0.15) is 5.82 Å². The average molecular weight is 313 g/mol. The molecular formula is C17H23N5O. The molecule has 1 aliphatic heterocycles. The molecule has 4 rings (SSSR count). The lowest BCUT2D eigenvalue weighted by Crippen LogP contribution is -2.28. The standard InChI is InChI=1S/C17H23N5O/c18-14-5-3-4-12(10-14)16-20-19-15-7-6-13(11-22(15)16)17(23)21-8-1-2-9-21/h6-7,11-12,14H,1-5,8-10,18H2/t12-,14+/m0/s1. The Balaban J connectivity index is 1.67. The summed E-state index contributed by atoms with van der Waals surface area (Å²) in [6.07, 6.45) is 8.38. The highest BCUT2D eigenvalue weighted by molar-refractivity contribution is 5.94. The molecule has 2 aromatic heterocycles. The van der Waals surface area contributed by atoms with Gasteiger partial charge in [0.2, 0.25) is 0 Å². The Morgan fingerprint density at radius 3 is 2.74 bits per heavy atom. The Kier molecular flexibility index (Phi) is 3.77. The first-order chi connectivity index (χ1) is 11.2. The SMILES string of the molecule is N[C@@H]1CCC[C@H](c2nnc3ccc(C(=O)N4CCCC4)cn23)C1. The maximum absolute atomic E-state index is 12.6. The van der Waals surface area contributed by atoms with Crippen LogP contribution < -0.4 is 5.73 Å². The fourth-order valence-electron chi connectivity index (χ4n) is 3.88. The second-order valence-corrected chi connectivity index (χ2v) is 6.83. The van der Waals surface area contributed by atoms with Gasteiger partial charge >= 0.3 is 0 Å². The van der Waals surface area contributed by atoms with Gasteiger partial charge in [-0.25, -0.2) is 0 Å². The number of nitrogens with two attached hydrogens (primary N) is 1. The first-order valence-corrected chi connectivity index (χ1v) is 8.62. The predicted molar refractivity (Wildman–Crippen MR) is 87.3 cm³/mol. The number of pyridine rings is 1. The molecule has 3 heterocycles. The molecule has 0 spiro atoms. The van der Waals surface area contributed by atoms with E-state index in [1.807, 2.05) is 27.6 Å². The van der Waals surface area contributed by atoms with E-state index in [1.54, 1.807) is 0 Å². The van der Waals surface area contributed by atoms with Gasteiger partial charge in [-0.3, -0.25) is 9.20 Å². The van der Waals surface area contributed by atoms with Gasteiger partial charge < -0.3 is 10.6 Å². The highest BCUT2D eigenvalue weighted by Crippen LogP contribution is 2.31. The number of amides is 1. The third-order valence-electron chi connectivity index (χ3n) is 5.15. The molecule has 0 aromatic carbocycles. The van der Waals surface area contributed by atoms with Crippen LogP contribution in [0.25, 0.3) is 5.65 Å². The van der Waals surface area contributed by atoms with Crippen molar-refractivity contribution in [2.75, 3.05) is 13.1 Å². The molecule has 2 atom stereocenters. The Morgan fingerprint density at radius 1 is 1.13 bits per heavy atom. The summed E-state index contributed by atoms with van der Waals surface area (Å²) >= 11 is 0. The lowest BCUT2D eigenvalue weighted by Gasteiger charge is -2.25. The van der Waals surface area contributed by atoms with Crippen molar-refractivity contribution in [1.82, 2.24) is 19.5 Å². The van der Waals surface area contributed by atoms with Crippen molar-refractivity contribution >= 4 is 11.6 Å². The molecule has 23 heavy (non-hydrogen) atoms. The molecule has 122 valence electrons. The molecule has 1 saturated carbocycles. The van der Waals surface area contributed by atoms with Crippen LogP contribution in [0.15, 0.2) is 18.3 Å². The molecule has 2 fully saturated rings. The number of carbonyl (C=O) groups excluding carboxylic acids is 1. The van der Waals surface area contributed by atoms with E-state index in [-0.39, 0.29) is 11.9 Å². The largest absolute Gasteiger partial charge is 0.339 e. The zero-order chi connectivity index (χ0) is 15.8. The van der Waals surface area contributed by atoms with Gasteiger partial charge in [-0.05, 0) is 44.2 Å². The second kappa shape index (κ2) is 5.92. The van der Waals surface area contributed by atoms with E-state index in [9.17, 15) is 4.79 Å². The van der Waals surface area contributed by atoms with Crippen LogP contribution >= 0.6 is 0 Å². The summed E-state index contributed by atoms with van der Waals surface area (Å²) in [5, 5.41) is 8.65. The van der Waals surface area contributed by atoms with Crippen LogP contribution in [0.2, 0.25) is 0 Å². The number of aromatic nitrogens is 3. The molecule has 2 aliphatic rings. The van der Waals surface area contributed by atoms with E-state index in [1.165, 1.54) is 0 Å². The molecule has 1 aliphatic carbocycles. The lowest BCUT2D eigenvalue weighted by atomic mass is 9.85. The van der Waals surface area contributed by atoms with Crippen LogP contribution in [0.4, 0.5) is 0 Å². The molecule has 2 aromatic rings. The molecule has 6 heteroatoms. The van der Waals surface area contributed by atoms with E-state index in [2.05, 4.69) is 10.2 Å². The molecule has 0 bridgehead atoms. The third-order valence-corrected chi connectivity index (χ3v) is 5.15. The molecule has 6 nitrogen and oxygen atoms in total. The fraction of sp³-hybridized carbons (Fsp3) is 0.588. The van der Waals surface area contributed by atoms with Crippen molar-refractivity contribution in [3.63, 3.8) is 0 Å². The Hall–Kier alpha value is -1.95. The summed E-state index contributed by atoms with van der Waals surface area (Å²) in [6, 6.07) is 4.00. The van der Waals surface area contributed by atoms with Crippen molar-refractivity contribution in [1.29, 1.82) is 0 Å². The van der Waals surface area contributed by atoms with Crippen LogP contribution in [-0.2, 0) is 0 Å². The monoisotopic (exact) mass is 313 g/mol. The van der Waals surface area contributed by atoms with Gasteiger partial charge in [-0.15, -0.1) is 10.2 Å². The number of rotatable bonds is 2. The molecule has 1 amide bonds. The van der Waals surface area contributed by atoms with Gasteiger partial charge in [0, 0.05) is 31.2 Å². The minimum absolute atomic E-state index is 0.115. The molecule has 2 N–H and O–H groups in total. The highest BCUT2D eigenvalue weighted by atomic mass is 16.2. The van der Waals surface area contributed by atoms with E-state index < -0.39 is 0 Å². The van der Waals surface area contributed by atoms with Gasteiger partial charge in [0.05, 0.1) is 5.56 Å². The van der Waals surface area contributed by atoms with Crippen molar-refractivity contribution < 1.29 is 4.79 Å². The van der Waals surface area contributed by atoms with Gasteiger partial charge in [0.25, 0.3) is 5.91 Å². The molecular weight excluding hydrogens is 290 g/mol. The maximum Gasteiger partial charge on any atom is 0.255 e. The number of carbonyl (C=O) groups is 1. The summed E-state index contributed by atoms with van der Waals surface area (Å²) in [4.78, 5) is 14.5. The highest BCUT2D eigenvalue weighted by Gasteiger charge is 2.26. The number of fused-ring (bicyclic) bond motifs is 1. The summed E-state index contributed by atoms with van der Waals surface area (Å²) in [7, 11) is 0. The minimum Gasteiger partial charge on any atom is -0.339 e. The van der Waals surface area contributed by atoms with Crippen LogP contribution in [0, 0.1) is 0 Å². The first kappa shape index (κ1) is 14.6. The first-order valence-electron chi connectivity index (χ1n) is 8.62. The van der Waals surface area contributed by atoms with Gasteiger partial charge in [-0.1, -0.05) is 6.42 Å². The fourth-order valence-corrected chi connectivity index (χ4v) is 3.88. The Labute approximate surface area is 135 Å². The van der Waals surface area contributed by atoms with Crippen LogP contribution in [0.1, 0.15) is 60.6 Å². The predicted octanol–water partition coefficient (Wildman–Crippen LogP) is 1.95. The number of nitrogens with zero attached hydrogens (tertiary/aromatic N) is 4. The Bertz CT molecular complexity index is 719. The average Bonchev–Trinajstić information content (AvgIpc) is 3.23. The molecule has 0 unspecified atom stereocenters. The summed E-state index contributed by atoms with van der Waals surface area (Å²) in [5.74, 6) is 1.40. The summed E-state index contributed by atoms with van der Waals surface area (Å²) < 4.78 is 1.99. The number of likely N-dealkylation sites (tertiary alicyclic amines) is 1. The van der Waals surface area contributed by atoms with E-state index >= 15 is 0 Å². The number of hydrogen-bond donors (Lipinski definition) is 1. The van der Waals surface area contributed by atoms with Crippen LogP contribution in [0.5, 0.6) is 0 Å². The van der Waals surface area contributed by atoms with Gasteiger partial charge in [0.15, 0.2) is 5.65 Å². The molecule has 0 radical (unpaired) electrons. The van der Waals surface area contributed by atoms with Crippen LogP contribution in [-0.4, -0.2) is 44.5 Å². The van der Waals surface area contributed by atoms with E-state index in [4.69, 9.17) is 5.73 Å². The number of hydrogen-bond acceptors (Lipinski definition) is 4. The van der Waals surface area contributed by atoms with E-state index in [0.717, 1.165) is 68.6 Å². The topological polar surface area (TPSA) is 76.5 Å². The normalized spacial score (nSPS) is 25.2. The third kappa shape index (κ3) is 2.72. The van der Waals surface area contributed by atoms with Gasteiger partial charge in [-0.2, -0.15) is 0 Å². The second-order valence-electron chi connectivity index (χ2n) is 6.83. The Morgan fingerprint density at radius 2 is 1.96 bits per heavy atom. The minimum atomic E-state index is 0.115. The van der Waals surface area contributed by atoms with Crippen molar-refractivity contribution in [2.24, 2.45) is 5.73 Å². The van der Waals surface area contributed by atoms with E-state index in [0.29, 0.717) is 5.92 Å². The van der Waals surface area contributed by atoms with Crippen molar-refractivity contribution in [3.05, 3.63) is 29.7 Å². The summed E-state index contributed by atoms with van der Waals surface area (Å²) in [5.41, 5.74) is 7.64. The molecule has 1 saturated heterocycles. The maximum atomic E-state index is 12.6. The van der Waals surface area contributed by atoms with Crippen molar-refractivity contribution in [2.45, 2.75) is 50.5 Å². The van der Waals surface area contributed by atoms with Crippen molar-refractivity contribution in [3.8, 4) is 0 Å². The summed E-state index contributed by atoms with van der Waals surface area (Å²) in [6.45, 7) is 1.73. The zero-order valence-electron chi connectivity index (χ0n) is 13.3. The quantitative estimate of drug-likeness (QED) is 0.919. The smallest absolute Gasteiger partial charge is 0.255 e. The lowest BCUT2D eigenvalue weighted by molar-refractivity contribution is 0.0792.